The molecule has 141 valence electrons. The first kappa shape index (κ1) is 68.3. The van der Waals surface area contributed by atoms with Gasteiger partial charge in [-0.1, -0.05) is 0 Å². The Kier molecular flexibility index (Phi) is 133. The summed E-state index contributed by atoms with van der Waals surface area (Å²) in [6.45, 7) is 0. The van der Waals surface area contributed by atoms with Crippen molar-refractivity contribution in [2.75, 3.05) is 0 Å². The summed E-state index contributed by atoms with van der Waals surface area (Å²) >= 11 is 0. The molecule has 0 fully saturated rings. The molecule has 14 nitrogen and oxygen atoms in total. The summed E-state index contributed by atoms with van der Waals surface area (Å²) in [4.78, 5) is 38.5. The number of hydrogen-bond donors (Lipinski definition) is 6. The van der Waals surface area contributed by atoms with Crippen LogP contribution in [0.4, 0.5) is 19.2 Å². The van der Waals surface area contributed by atoms with Crippen LogP contribution in [0.3, 0.4) is 0 Å². The molecule has 0 heterocycles. The molecule has 0 unspecified atom stereocenters. The number of halogens is 3. The maximum absolute atomic E-state index is 9.62. The molecule has 0 aliphatic carbocycles. The van der Waals surface area contributed by atoms with Crippen molar-refractivity contribution in [3.05, 3.63) is 0 Å². The quantitative estimate of drug-likeness (QED) is 0.161. The smallest absolute Gasteiger partial charge is 1.00 e. The zero-order valence-corrected chi connectivity index (χ0v) is 15.3. The Labute approximate surface area is 175 Å². The monoisotopic (exact) mass is 545 g/mol. The predicted molar refractivity (Wildman–Crippen MR) is 64.1 cm³/mol. The molecule has 0 spiro atoms. The first-order valence-corrected chi connectivity index (χ1v) is 2.97. The number of imide groups is 2. The van der Waals surface area contributed by atoms with Gasteiger partial charge in [0.2, 0.25) is 0 Å². The zero-order chi connectivity index (χ0) is 11.7. The summed E-state index contributed by atoms with van der Waals surface area (Å²) < 4.78 is 0. The van der Waals surface area contributed by atoms with E-state index in [9.17, 15) is 19.2 Å². The van der Waals surface area contributed by atoms with Gasteiger partial charge in [0.15, 0.2) is 0 Å². The van der Waals surface area contributed by atoms with Crippen molar-refractivity contribution in [3.8, 4) is 0 Å². The number of urea groups is 4. The van der Waals surface area contributed by atoms with Crippen LogP contribution in [0.15, 0.2) is 0 Å². The summed E-state index contributed by atoms with van der Waals surface area (Å²) in [5.41, 5.74) is 17.8. The standard InChI is InChI=1S/2C2H5N3O2.3ClH.Gd.4H2O/c2*3-1(6)5-2(4)7;;;;;;;;/h2*(H5,3,4,5,6,7);3*1H;;4*1H2/q;;;;;+3;;;;/p+1. The van der Waals surface area contributed by atoms with E-state index in [0.29, 0.717) is 0 Å². The van der Waals surface area contributed by atoms with Gasteiger partial charge in [-0.2, -0.15) is 0 Å². The Morgan fingerprint density at radius 1 is 0.500 bits per heavy atom. The summed E-state index contributed by atoms with van der Waals surface area (Å²) in [7, 11) is 0. The van der Waals surface area contributed by atoms with E-state index in [-0.39, 0.29) is 99.1 Å². The molecule has 1 radical (unpaired) electrons. The van der Waals surface area contributed by atoms with Crippen molar-refractivity contribution in [2.24, 2.45) is 22.9 Å². The van der Waals surface area contributed by atoms with Crippen molar-refractivity contribution in [1.29, 1.82) is 0 Å². The van der Waals surface area contributed by atoms with E-state index < -0.39 is 24.1 Å². The minimum Gasteiger partial charge on any atom is -1.00 e. The van der Waals surface area contributed by atoms with E-state index in [4.69, 9.17) is 0 Å². The Balaban J connectivity index is -0.0000000120. The molecule has 0 bridgehead atoms. The normalized spacial score (nSPS) is 4.73. The molecular formula is C4H22Cl3GdN6O8+4. The second kappa shape index (κ2) is 42.8. The number of hydrogen-bond acceptors (Lipinski definition) is 4. The third-order valence-electron chi connectivity index (χ3n) is 0.493. The summed E-state index contributed by atoms with van der Waals surface area (Å²) in [5.74, 6) is 0. The summed E-state index contributed by atoms with van der Waals surface area (Å²) in [6.07, 6.45) is 0. The van der Waals surface area contributed by atoms with E-state index >= 15 is 0 Å². The van der Waals surface area contributed by atoms with Gasteiger partial charge in [0, 0.05) is 0 Å². The van der Waals surface area contributed by atoms with Gasteiger partial charge in [-0.25, -0.2) is 19.2 Å². The van der Waals surface area contributed by atoms with Crippen molar-refractivity contribution >= 4 is 24.1 Å². The van der Waals surface area contributed by atoms with Gasteiger partial charge in [-0.3, -0.25) is 10.6 Å². The number of carbonyl (C=O) groups excluding carboxylic acids is 4. The molecule has 0 aromatic heterocycles. The van der Waals surface area contributed by atoms with Crippen molar-refractivity contribution in [3.63, 3.8) is 0 Å². The van der Waals surface area contributed by atoms with Crippen LogP contribution >= 0.6 is 0 Å². The molecule has 0 aromatic carbocycles. The number of primary amides is 4. The predicted octanol–water partition coefficient (Wildman–Crippen LogP) is -15.2. The Morgan fingerprint density at radius 3 is 0.591 bits per heavy atom. The van der Waals surface area contributed by atoms with Crippen LogP contribution in [0, 0.1) is 39.9 Å². The molecule has 0 rings (SSSR count). The molecule has 0 aromatic rings. The fraction of sp³-hybridized carbons (Fsp3) is 0. The fourth-order valence-electron chi connectivity index (χ4n) is 0.243. The number of amides is 8. The van der Waals surface area contributed by atoms with Crippen LogP contribution in [0.25, 0.3) is 0 Å². The van der Waals surface area contributed by atoms with Crippen LogP contribution in [0.1, 0.15) is 0 Å². The molecule has 8 amide bonds. The first-order chi connectivity index (χ1) is 6.25. The van der Waals surface area contributed by atoms with Gasteiger partial charge in [-0.15, -0.1) is 0 Å². The van der Waals surface area contributed by atoms with Crippen LogP contribution < -0.4 is 70.8 Å². The Bertz CT molecular complexity index is 224. The van der Waals surface area contributed by atoms with E-state index in [1.165, 1.54) is 0 Å². The summed E-state index contributed by atoms with van der Waals surface area (Å²) in [6, 6.07) is -3.75. The maximum Gasteiger partial charge on any atom is 3.00 e. The third kappa shape index (κ3) is 118. The fourth-order valence-corrected chi connectivity index (χ4v) is 0.243. The van der Waals surface area contributed by atoms with E-state index in [1.807, 2.05) is 0 Å². The second-order valence-corrected chi connectivity index (χ2v) is 1.71. The average molecular weight is 546 g/mol. The number of nitrogens with two attached hydrogens (primary N) is 4. The zero-order valence-electron chi connectivity index (χ0n) is 10.7. The molecule has 0 atom stereocenters. The van der Waals surface area contributed by atoms with E-state index in [1.54, 1.807) is 10.6 Å². The van der Waals surface area contributed by atoms with Gasteiger partial charge in [0.05, 0.1) is 0 Å². The third-order valence-corrected chi connectivity index (χ3v) is 0.493. The van der Waals surface area contributed by atoms with E-state index in [0.717, 1.165) is 0 Å². The van der Waals surface area contributed by atoms with Crippen LogP contribution in [0.2, 0.25) is 0 Å². The molecule has 18 heteroatoms. The Morgan fingerprint density at radius 2 is 0.591 bits per heavy atom. The maximum atomic E-state index is 9.62. The molecule has 0 aliphatic heterocycles. The van der Waals surface area contributed by atoms with Crippen molar-refractivity contribution in [2.45, 2.75) is 0 Å². The number of rotatable bonds is 0. The van der Waals surface area contributed by atoms with Gasteiger partial charge in [0.1, 0.15) is 0 Å². The van der Waals surface area contributed by atoms with Gasteiger partial charge < -0.3 is 82.1 Å². The van der Waals surface area contributed by atoms with E-state index in [2.05, 4.69) is 22.9 Å². The largest absolute Gasteiger partial charge is 3.00 e. The topological polar surface area (TPSA) is 328 Å². The minimum atomic E-state index is -0.938. The molecular weight excluding hydrogens is 524 g/mol. The van der Waals surface area contributed by atoms with Gasteiger partial charge in [-0.05, 0) is 0 Å². The summed E-state index contributed by atoms with van der Waals surface area (Å²) in [5, 5.41) is 3.17. The van der Waals surface area contributed by atoms with Crippen molar-refractivity contribution in [1.82, 2.24) is 10.6 Å². The minimum absolute atomic E-state index is 0. The van der Waals surface area contributed by atoms with Crippen molar-refractivity contribution < 1.29 is 118 Å². The molecule has 22 N–H and O–H groups in total. The van der Waals surface area contributed by atoms with Crippen LogP contribution in [-0.2, 0) is 21.9 Å². The molecule has 0 saturated heterocycles. The molecule has 0 aliphatic rings. The number of nitrogens with one attached hydrogen (secondary N) is 2. The Hall–Kier alpha value is -0.485. The molecule has 0 saturated carbocycles. The molecule has 22 heavy (non-hydrogen) atoms. The van der Waals surface area contributed by atoms with Gasteiger partial charge >= 0.3 is 64.1 Å². The van der Waals surface area contributed by atoms with Crippen LogP contribution in [-0.4, -0.2) is 24.1 Å². The average Bonchev–Trinajstić information content (AvgIpc) is 1.79. The van der Waals surface area contributed by atoms with Gasteiger partial charge in [0.25, 0.3) is 0 Å². The number of carbonyl (C=O) groups is 4. The second-order valence-electron chi connectivity index (χ2n) is 1.71. The first-order valence-electron chi connectivity index (χ1n) is 2.97. The SMILES string of the molecule is NC(=O)NC(N)=O.NC(=O)NC(N)=O.[Cl-].[Cl-].[Cl-].[Gd+3].[OH3+].[OH3+].[OH3+].[OH3+]. The van der Waals surface area contributed by atoms with Crippen LogP contribution in [0.5, 0.6) is 0 Å².